The topological polar surface area (TPSA) is 83.1 Å². The summed E-state index contributed by atoms with van der Waals surface area (Å²) in [4.78, 5) is 24.2. The molecule has 0 saturated heterocycles. The molecular formula is C29H38F3NO6. The maximum absolute atomic E-state index is 13.0. The second kappa shape index (κ2) is 18.2. The maximum Gasteiger partial charge on any atom is 0.416 e. The number of carbonyl (C=O) groups is 2. The van der Waals surface area contributed by atoms with E-state index in [1.807, 2.05) is 0 Å². The molecule has 2 rings (SSSR count). The van der Waals surface area contributed by atoms with Crippen molar-refractivity contribution in [3.05, 3.63) is 59.7 Å². The Kier molecular flexibility index (Phi) is 15.0. The highest BCUT2D eigenvalue weighted by molar-refractivity contribution is 5.96. The van der Waals surface area contributed by atoms with E-state index in [9.17, 15) is 22.8 Å². The number of ether oxygens (including phenoxy) is 4. The van der Waals surface area contributed by atoms with Gasteiger partial charge in [0.05, 0.1) is 43.2 Å². The third-order valence-corrected chi connectivity index (χ3v) is 5.67. The lowest BCUT2D eigenvalue weighted by Crippen LogP contribution is -2.15. The summed E-state index contributed by atoms with van der Waals surface area (Å²) in [6.07, 6.45) is 2.64. The lowest BCUT2D eigenvalue weighted by atomic mass is 10.1. The molecule has 0 spiro atoms. The quantitative estimate of drug-likeness (QED) is 0.149. The van der Waals surface area contributed by atoms with Crippen molar-refractivity contribution in [2.45, 2.75) is 58.0 Å². The van der Waals surface area contributed by atoms with Gasteiger partial charge in [0, 0.05) is 12.1 Å². The molecule has 2 aromatic carbocycles. The van der Waals surface area contributed by atoms with Crippen molar-refractivity contribution in [3.8, 4) is 0 Å². The van der Waals surface area contributed by atoms with Crippen molar-refractivity contribution in [2.75, 3.05) is 45.0 Å². The van der Waals surface area contributed by atoms with Crippen LogP contribution in [0.25, 0.3) is 0 Å². The van der Waals surface area contributed by atoms with Gasteiger partial charge in [0.15, 0.2) is 0 Å². The van der Waals surface area contributed by atoms with Crippen LogP contribution in [-0.4, -0.2) is 51.6 Å². The van der Waals surface area contributed by atoms with E-state index in [1.165, 1.54) is 37.5 Å². The summed E-state index contributed by atoms with van der Waals surface area (Å²) in [5, 5.41) is 2.85. The normalized spacial score (nSPS) is 11.3. The molecule has 0 amide bonds. The molecule has 0 saturated carbocycles. The Morgan fingerprint density at radius 3 is 2.13 bits per heavy atom. The van der Waals surface area contributed by atoms with Crippen molar-refractivity contribution >= 4 is 23.3 Å². The van der Waals surface area contributed by atoms with Crippen LogP contribution in [0, 0.1) is 0 Å². The molecule has 0 fully saturated rings. The molecule has 1 N–H and O–H groups in total. The Bertz CT molecular complexity index is 999. The van der Waals surface area contributed by atoms with E-state index in [-0.39, 0.29) is 50.3 Å². The van der Waals surface area contributed by atoms with Crippen LogP contribution in [-0.2, 0) is 29.9 Å². The molecule has 10 heteroatoms. The molecule has 39 heavy (non-hydrogen) atoms. The first-order chi connectivity index (χ1) is 18.8. The third kappa shape index (κ3) is 13.5. The van der Waals surface area contributed by atoms with Gasteiger partial charge in [0.1, 0.15) is 13.2 Å². The average molecular weight is 554 g/mol. The summed E-state index contributed by atoms with van der Waals surface area (Å²) in [6, 6.07) is 11.1. The van der Waals surface area contributed by atoms with Crippen LogP contribution in [0.1, 0.15) is 67.8 Å². The number of para-hydroxylation sites is 1. The number of esters is 2. The summed E-state index contributed by atoms with van der Waals surface area (Å²) < 4.78 is 60.1. The smallest absolute Gasteiger partial charge is 0.416 e. The molecule has 0 unspecified atom stereocenters. The van der Waals surface area contributed by atoms with E-state index in [1.54, 1.807) is 18.2 Å². The lowest BCUT2D eigenvalue weighted by molar-refractivity contribution is -0.145. The highest BCUT2D eigenvalue weighted by atomic mass is 19.4. The van der Waals surface area contributed by atoms with Crippen LogP contribution in [0.2, 0.25) is 0 Å². The molecule has 216 valence electrons. The highest BCUT2D eigenvalue weighted by Gasteiger charge is 2.30. The molecule has 7 nitrogen and oxygen atoms in total. The third-order valence-electron chi connectivity index (χ3n) is 5.67. The predicted molar refractivity (Wildman–Crippen MR) is 142 cm³/mol. The predicted octanol–water partition coefficient (Wildman–Crippen LogP) is 6.93. The van der Waals surface area contributed by atoms with Crippen LogP contribution in [0.3, 0.4) is 0 Å². The number of hydrogen-bond donors (Lipinski definition) is 1. The van der Waals surface area contributed by atoms with E-state index in [0.29, 0.717) is 18.7 Å². The standard InChI is InChI=1S/C29H38F3NO6/c1-2-3-4-5-6-7-15-27(34)38-20-18-36-16-17-37-19-21-39-28(35)25-13-8-9-14-26(25)33-24-12-10-11-23(22-24)29(30,31)32/h8-14,22,33H,2-7,15-21H2,1H3. The van der Waals surface area contributed by atoms with Crippen LogP contribution in [0.5, 0.6) is 0 Å². The van der Waals surface area contributed by atoms with Gasteiger partial charge in [-0.15, -0.1) is 0 Å². The second-order valence-electron chi connectivity index (χ2n) is 8.85. The second-order valence-corrected chi connectivity index (χ2v) is 8.85. The number of benzene rings is 2. The summed E-state index contributed by atoms with van der Waals surface area (Å²) in [5.74, 6) is -0.841. The van der Waals surface area contributed by atoms with Gasteiger partial charge >= 0.3 is 18.1 Å². The molecule has 2 aromatic rings. The van der Waals surface area contributed by atoms with Gasteiger partial charge in [-0.1, -0.05) is 57.2 Å². The number of rotatable bonds is 19. The number of carbonyl (C=O) groups excluding carboxylic acids is 2. The van der Waals surface area contributed by atoms with Crippen LogP contribution >= 0.6 is 0 Å². The van der Waals surface area contributed by atoms with E-state index in [4.69, 9.17) is 18.9 Å². The van der Waals surface area contributed by atoms with Crippen LogP contribution in [0.15, 0.2) is 48.5 Å². The first kappa shape index (κ1) is 32.1. The molecule has 0 aromatic heterocycles. The molecular weight excluding hydrogens is 515 g/mol. The Balaban J connectivity index is 1.57. The van der Waals surface area contributed by atoms with Crippen molar-refractivity contribution < 1.29 is 41.7 Å². The molecule has 0 radical (unpaired) electrons. The molecule has 0 aliphatic rings. The Morgan fingerprint density at radius 2 is 1.41 bits per heavy atom. The SMILES string of the molecule is CCCCCCCCC(=O)OCCOCCOCCOC(=O)c1ccccc1Nc1cccc(C(F)(F)F)c1. The fourth-order valence-electron chi connectivity index (χ4n) is 3.63. The Morgan fingerprint density at radius 1 is 0.769 bits per heavy atom. The minimum absolute atomic E-state index is 0.00716. The molecule has 0 aliphatic heterocycles. The minimum atomic E-state index is -4.47. The lowest BCUT2D eigenvalue weighted by Gasteiger charge is -2.13. The monoisotopic (exact) mass is 553 g/mol. The number of hydrogen-bond acceptors (Lipinski definition) is 7. The summed E-state index contributed by atoms with van der Waals surface area (Å²) in [6.45, 7) is 3.35. The average Bonchev–Trinajstić information content (AvgIpc) is 2.91. The minimum Gasteiger partial charge on any atom is -0.463 e. The maximum atomic E-state index is 13.0. The van der Waals surface area contributed by atoms with Gasteiger partial charge in [-0.25, -0.2) is 4.79 Å². The van der Waals surface area contributed by atoms with Crippen LogP contribution < -0.4 is 5.32 Å². The van der Waals surface area contributed by atoms with Gasteiger partial charge in [0.2, 0.25) is 0 Å². The molecule has 0 aliphatic carbocycles. The Labute approximate surface area is 228 Å². The summed E-state index contributed by atoms with van der Waals surface area (Å²) in [7, 11) is 0. The molecule has 0 heterocycles. The fraction of sp³-hybridized carbons (Fsp3) is 0.517. The number of halogens is 3. The number of nitrogens with one attached hydrogen (secondary N) is 1. The van der Waals surface area contributed by atoms with Crippen molar-refractivity contribution in [3.63, 3.8) is 0 Å². The van der Waals surface area contributed by atoms with Gasteiger partial charge in [-0.3, -0.25) is 4.79 Å². The van der Waals surface area contributed by atoms with Gasteiger partial charge in [-0.2, -0.15) is 13.2 Å². The van der Waals surface area contributed by atoms with Crippen molar-refractivity contribution in [1.82, 2.24) is 0 Å². The molecule has 0 bridgehead atoms. The Hall–Kier alpha value is -3.11. The zero-order chi connectivity index (χ0) is 28.3. The van der Waals surface area contributed by atoms with Gasteiger partial charge in [-0.05, 0) is 36.8 Å². The first-order valence-corrected chi connectivity index (χ1v) is 13.3. The van der Waals surface area contributed by atoms with E-state index >= 15 is 0 Å². The van der Waals surface area contributed by atoms with E-state index < -0.39 is 17.7 Å². The molecule has 0 atom stereocenters. The summed E-state index contributed by atoms with van der Waals surface area (Å²) in [5.41, 5.74) is -0.0905. The first-order valence-electron chi connectivity index (χ1n) is 13.3. The summed E-state index contributed by atoms with van der Waals surface area (Å²) >= 11 is 0. The van der Waals surface area contributed by atoms with Crippen molar-refractivity contribution in [2.24, 2.45) is 0 Å². The number of anilines is 2. The van der Waals surface area contributed by atoms with Crippen molar-refractivity contribution in [1.29, 1.82) is 0 Å². The zero-order valence-electron chi connectivity index (χ0n) is 22.4. The highest BCUT2D eigenvalue weighted by Crippen LogP contribution is 2.32. The zero-order valence-corrected chi connectivity index (χ0v) is 22.4. The largest absolute Gasteiger partial charge is 0.463 e. The van der Waals surface area contributed by atoms with E-state index in [0.717, 1.165) is 31.4 Å². The van der Waals surface area contributed by atoms with Crippen LogP contribution in [0.4, 0.5) is 24.5 Å². The number of alkyl halides is 3. The number of unbranched alkanes of at least 4 members (excludes halogenated alkanes) is 5. The van der Waals surface area contributed by atoms with Gasteiger partial charge in [0.25, 0.3) is 0 Å². The van der Waals surface area contributed by atoms with E-state index in [2.05, 4.69) is 12.2 Å². The van der Waals surface area contributed by atoms with Gasteiger partial charge < -0.3 is 24.3 Å². The fourth-order valence-corrected chi connectivity index (χ4v) is 3.63.